The summed E-state index contributed by atoms with van der Waals surface area (Å²) < 4.78 is 33.1. The van der Waals surface area contributed by atoms with E-state index >= 15 is 0 Å². The Labute approximate surface area is 243 Å². The van der Waals surface area contributed by atoms with Gasteiger partial charge in [0.1, 0.15) is 18.0 Å². The Hall–Kier alpha value is -4.78. The first-order chi connectivity index (χ1) is 20.2. The van der Waals surface area contributed by atoms with Gasteiger partial charge in [0.25, 0.3) is 27.5 Å². The van der Waals surface area contributed by atoms with Gasteiger partial charge in [-0.3, -0.25) is 19.7 Å². The minimum absolute atomic E-state index is 0.0953. The quantitative estimate of drug-likeness (QED) is 0.184. The highest BCUT2D eigenvalue weighted by molar-refractivity contribution is 7.92. The Kier molecular flexibility index (Phi) is 10.2. The minimum atomic E-state index is -4.33. The largest absolute Gasteiger partial charge is 0.484 e. The number of benzene rings is 3. The lowest BCUT2D eigenvalue weighted by atomic mass is 9.95. The Morgan fingerprint density at radius 1 is 0.952 bits per heavy atom. The first-order valence-electron chi connectivity index (χ1n) is 13.4. The molecule has 2 amide bonds. The van der Waals surface area contributed by atoms with Crippen molar-refractivity contribution in [2.45, 2.75) is 43.0 Å². The number of hydrazone groups is 1. The van der Waals surface area contributed by atoms with Crippen molar-refractivity contribution in [3.05, 3.63) is 94.5 Å². The van der Waals surface area contributed by atoms with E-state index in [1.165, 1.54) is 55.1 Å². The van der Waals surface area contributed by atoms with Crippen LogP contribution in [0.3, 0.4) is 0 Å². The van der Waals surface area contributed by atoms with E-state index < -0.39 is 33.1 Å². The molecule has 4 rings (SSSR count). The van der Waals surface area contributed by atoms with E-state index in [0.717, 1.165) is 31.7 Å². The van der Waals surface area contributed by atoms with Crippen molar-refractivity contribution in [3.8, 4) is 5.75 Å². The number of nitrogens with one attached hydrogen (secondary N) is 2. The van der Waals surface area contributed by atoms with Gasteiger partial charge in [-0.1, -0.05) is 49.6 Å². The fourth-order valence-electron chi connectivity index (χ4n) is 4.51. The number of para-hydroxylation sites is 2. The summed E-state index contributed by atoms with van der Waals surface area (Å²) in [6.45, 7) is -0.850. The Morgan fingerprint density at radius 2 is 1.62 bits per heavy atom. The molecular weight excluding hydrogens is 562 g/mol. The fourth-order valence-corrected chi connectivity index (χ4v) is 5.96. The van der Waals surface area contributed by atoms with E-state index in [4.69, 9.17) is 4.74 Å². The van der Waals surface area contributed by atoms with Crippen LogP contribution >= 0.6 is 0 Å². The van der Waals surface area contributed by atoms with Crippen LogP contribution in [0, 0.1) is 10.1 Å². The molecule has 0 radical (unpaired) electrons. The molecule has 0 spiro atoms. The number of hydrogen-bond donors (Lipinski definition) is 2. The van der Waals surface area contributed by atoms with Crippen LogP contribution < -0.4 is 19.8 Å². The maximum atomic E-state index is 13.4. The Balaban J connectivity index is 1.37. The zero-order chi connectivity index (χ0) is 30.0. The second-order valence-electron chi connectivity index (χ2n) is 9.62. The fraction of sp³-hybridized carbons (Fsp3) is 0.276. The highest BCUT2D eigenvalue weighted by Gasteiger charge is 2.31. The van der Waals surface area contributed by atoms with Crippen LogP contribution in [0.25, 0.3) is 0 Å². The highest BCUT2D eigenvalue weighted by atomic mass is 32.2. The van der Waals surface area contributed by atoms with Gasteiger partial charge < -0.3 is 10.1 Å². The zero-order valence-corrected chi connectivity index (χ0v) is 23.5. The SMILES string of the molecule is O=C(CN(c1ccccc1[N+](=O)[O-])S(=O)(=O)c1ccccc1)N/N=C\c1ccc(OCC(=O)NC2CCCCC2)cc1. The van der Waals surface area contributed by atoms with Crippen molar-refractivity contribution < 1.29 is 27.7 Å². The lowest BCUT2D eigenvalue weighted by molar-refractivity contribution is -0.384. The van der Waals surface area contributed by atoms with Gasteiger partial charge in [-0.05, 0) is 60.9 Å². The van der Waals surface area contributed by atoms with Crippen LogP contribution in [0.2, 0.25) is 0 Å². The van der Waals surface area contributed by atoms with Crippen molar-refractivity contribution in [2.75, 3.05) is 17.5 Å². The number of nitro benzene ring substituents is 1. The number of nitrogens with zero attached hydrogens (tertiary/aromatic N) is 3. The molecule has 3 aromatic rings. The molecule has 2 N–H and O–H groups in total. The van der Waals surface area contributed by atoms with Gasteiger partial charge in [-0.2, -0.15) is 5.10 Å². The third-order valence-corrected chi connectivity index (χ3v) is 8.36. The van der Waals surface area contributed by atoms with Crippen LogP contribution in [0.4, 0.5) is 11.4 Å². The average molecular weight is 594 g/mol. The third kappa shape index (κ3) is 8.13. The van der Waals surface area contributed by atoms with Crippen LogP contribution in [-0.2, 0) is 19.6 Å². The van der Waals surface area contributed by atoms with E-state index in [1.54, 1.807) is 30.3 Å². The van der Waals surface area contributed by atoms with Gasteiger partial charge in [0.05, 0.1) is 16.0 Å². The number of carbonyl (C=O) groups is 2. The van der Waals surface area contributed by atoms with Gasteiger partial charge in [0, 0.05) is 12.1 Å². The summed E-state index contributed by atoms with van der Waals surface area (Å²) in [7, 11) is -4.33. The zero-order valence-electron chi connectivity index (χ0n) is 22.7. The summed E-state index contributed by atoms with van der Waals surface area (Å²) in [5, 5.41) is 18.5. The van der Waals surface area contributed by atoms with Crippen molar-refractivity contribution in [1.29, 1.82) is 0 Å². The van der Waals surface area contributed by atoms with Gasteiger partial charge >= 0.3 is 0 Å². The third-order valence-electron chi connectivity index (χ3n) is 6.59. The van der Waals surface area contributed by atoms with Crippen molar-refractivity contribution in [3.63, 3.8) is 0 Å². The number of ether oxygens (including phenoxy) is 1. The molecule has 0 unspecified atom stereocenters. The summed E-state index contributed by atoms with van der Waals surface area (Å²) in [5.41, 5.74) is 2.14. The normalized spacial score (nSPS) is 13.8. The maximum Gasteiger partial charge on any atom is 0.293 e. The first kappa shape index (κ1) is 30.2. The molecule has 12 nitrogen and oxygen atoms in total. The molecule has 13 heteroatoms. The van der Waals surface area contributed by atoms with Crippen LogP contribution in [0.15, 0.2) is 88.9 Å². The van der Waals surface area contributed by atoms with E-state index in [-0.39, 0.29) is 29.1 Å². The number of hydrogen-bond acceptors (Lipinski definition) is 8. The summed E-state index contributed by atoms with van der Waals surface area (Å²) in [5.74, 6) is -0.492. The maximum absolute atomic E-state index is 13.4. The van der Waals surface area contributed by atoms with Gasteiger partial charge in [-0.15, -0.1) is 0 Å². The van der Waals surface area contributed by atoms with Crippen molar-refractivity contribution in [2.24, 2.45) is 5.10 Å². The lowest BCUT2D eigenvalue weighted by Gasteiger charge is -2.23. The molecule has 3 aromatic carbocycles. The topological polar surface area (TPSA) is 160 Å². The second-order valence-corrected chi connectivity index (χ2v) is 11.5. The molecule has 42 heavy (non-hydrogen) atoms. The van der Waals surface area contributed by atoms with E-state index in [2.05, 4.69) is 15.8 Å². The minimum Gasteiger partial charge on any atom is -0.484 e. The van der Waals surface area contributed by atoms with Gasteiger partial charge in [0.2, 0.25) is 0 Å². The summed E-state index contributed by atoms with van der Waals surface area (Å²) in [4.78, 5) is 35.7. The molecule has 1 saturated carbocycles. The molecule has 0 atom stereocenters. The molecule has 0 saturated heterocycles. The van der Waals surface area contributed by atoms with Crippen LogP contribution in [0.5, 0.6) is 5.75 Å². The number of amides is 2. The molecule has 1 fully saturated rings. The van der Waals surface area contributed by atoms with Crippen LogP contribution in [0.1, 0.15) is 37.7 Å². The number of rotatable bonds is 12. The van der Waals surface area contributed by atoms with Gasteiger partial charge in [0.15, 0.2) is 6.61 Å². The Morgan fingerprint density at radius 3 is 2.31 bits per heavy atom. The smallest absolute Gasteiger partial charge is 0.293 e. The predicted octanol–water partition coefficient (Wildman–Crippen LogP) is 3.77. The summed E-state index contributed by atoms with van der Waals surface area (Å²) in [6.07, 6.45) is 6.77. The number of sulfonamides is 1. The molecule has 1 aliphatic rings. The predicted molar refractivity (Wildman–Crippen MR) is 157 cm³/mol. The average Bonchev–Trinajstić information content (AvgIpc) is 3.00. The number of carbonyl (C=O) groups excluding carboxylic acids is 2. The molecule has 1 aliphatic carbocycles. The first-order valence-corrected chi connectivity index (χ1v) is 14.8. The van der Waals surface area contributed by atoms with E-state index in [0.29, 0.717) is 15.6 Å². The Bertz CT molecular complexity index is 1520. The number of nitro groups is 1. The lowest BCUT2D eigenvalue weighted by Crippen LogP contribution is -2.39. The molecular formula is C29H31N5O7S. The molecule has 0 bridgehead atoms. The van der Waals surface area contributed by atoms with Crippen molar-refractivity contribution >= 4 is 39.4 Å². The highest BCUT2D eigenvalue weighted by Crippen LogP contribution is 2.32. The summed E-state index contributed by atoms with van der Waals surface area (Å²) >= 11 is 0. The molecule has 0 aliphatic heterocycles. The molecule has 220 valence electrons. The van der Waals surface area contributed by atoms with Crippen molar-refractivity contribution in [1.82, 2.24) is 10.7 Å². The monoisotopic (exact) mass is 593 g/mol. The standard InChI is InChI=1S/C29H31N5O7S/c35-28(20-33(26-13-7-8-14-27(26)34(37)38)42(39,40)25-11-5-2-6-12-25)32-30-19-22-15-17-24(18-16-22)41-21-29(36)31-23-9-3-1-4-10-23/h2,5-8,11-19,23H,1,3-4,9-10,20-21H2,(H,31,36)(H,32,35)/b30-19-. The molecule has 0 aromatic heterocycles. The van der Waals surface area contributed by atoms with Gasteiger partial charge in [-0.25, -0.2) is 18.1 Å². The van der Waals surface area contributed by atoms with Crippen LogP contribution in [-0.4, -0.2) is 50.6 Å². The second kappa shape index (κ2) is 14.2. The van der Waals surface area contributed by atoms with E-state index in [1.807, 2.05) is 0 Å². The number of anilines is 1. The molecule has 0 heterocycles. The van der Waals surface area contributed by atoms with E-state index in [9.17, 15) is 28.1 Å². The summed E-state index contributed by atoms with van der Waals surface area (Å²) in [6, 6.07) is 19.5.